The lowest BCUT2D eigenvalue weighted by Crippen LogP contribution is -2.05. The first-order valence-corrected chi connectivity index (χ1v) is 7.90. The van der Waals surface area contributed by atoms with E-state index in [9.17, 15) is 13.2 Å². The van der Waals surface area contributed by atoms with Gasteiger partial charge in [0.15, 0.2) is 0 Å². The second-order valence-corrected chi connectivity index (χ2v) is 6.00. The maximum absolute atomic E-state index is 12.9. The van der Waals surface area contributed by atoms with Crippen LogP contribution in [0, 0.1) is 0 Å². The van der Waals surface area contributed by atoms with Gasteiger partial charge in [0.1, 0.15) is 0 Å². The van der Waals surface area contributed by atoms with E-state index >= 15 is 0 Å². The average Bonchev–Trinajstić information content (AvgIpc) is 2.43. The molecule has 0 radical (unpaired) electrons. The number of halogens is 7. The van der Waals surface area contributed by atoms with Gasteiger partial charge in [0.05, 0.1) is 20.6 Å². The summed E-state index contributed by atoms with van der Waals surface area (Å²) in [6.07, 6.45) is -4.43. The Hall–Kier alpha value is -0.420. The Labute approximate surface area is 142 Å². The van der Waals surface area contributed by atoms with E-state index in [0.717, 1.165) is 12.1 Å². The summed E-state index contributed by atoms with van der Waals surface area (Å²) >= 11 is 21.0. The molecule has 2 aromatic rings. The molecule has 0 saturated heterocycles. The molecule has 21 heavy (non-hydrogen) atoms. The molecule has 0 spiro atoms. The number of hydrogen-bond acceptors (Lipinski definition) is 0. The maximum atomic E-state index is 12.9. The normalized spacial score (nSPS) is 11.8. The van der Waals surface area contributed by atoms with Gasteiger partial charge >= 0.3 is 6.18 Å². The van der Waals surface area contributed by atoms with Crippen molar-refractivity contribution in [2.75, 3.05) is 0 Å². The van der Waals surface area contributed by atoms with Crippen LogP contribution in [0.25, 0.3) is 11.1 Å². The zero-order valence-electron chi connectivity index (χ0n) is 10.2. The van der Waals surface area contributed by atoms with Crippen LogP contribution in [0.15, 0.2) is 30.3 Å². The number of alkyl halides is 4. The first-order valence-electron chi connectivity index (χ1n) is 5.65. The van der Waals surface area contributed by atoms with Crippen LogP contribution in [-0.4, -0.2) is 0 Å². The number of rotatable bonds is 2. The lowest BCUT2D eigenvalue weighted by Gasteiger charge is -2.13. The highest BCUT2D eigenvalue weighted by atomic mass is 79.9. The highest BCUT2D eigenvalue weighted by Gasteiger charge is 2.31. The number of benzene rings is 2. The monoisotopic (exact) mass is 416 g/mol. The third kappa shape index (κ3) is 3.67. The van der Waals surface area contributed by atoms with Crippen LogP contribution in [0.1, 0.15) is 11.1 Å². The van der Waals surface area contributed by atoms with Gasteiger partial charge in [0.25, 0.3) is 0 Å². The highest BCUT2D eigenvalue weighted by molar-refractivity contribution is 9.08. The van der Waals surface area contributed by atoms with E-state index in [1.165, 1.54) is 6.07 Å². The molecule has 0 heterocycles. The predicted molar refractivity (Wildman–Crippen MR) is 84.5 cm³/mol. The van der Waals surface area contributed by atoms with Crippen molar-refractivity contribution in [3.05, 3.63) is 56.5 Å². The van der Waals surface area contributed by atoms with Crippen molar-refractivity contribution in [2.45, 2.75) is 11.5 Å². The van der Waals surface area contributed by atoms with Gasteiger partial charge in [-0.05, 0) is 29.3 Å². The lowest BCUT2D eigenvalue weighted by molar-refractivity contribution is -0.137. The van der Waals surface area contributed by atoms with Crippen molar-refractivity contribution in [3.63, 3.8) is 0 Å². The molecular weight excluding hydrogens is 411 g/mol. The van der Waals surface area contributed by atoms with Crippen LogP contribution in [0.4, 0.5) is 13.2 Å². The van der Waals surface area contributed by atoms with Gasteiger partial charge in [-0.2, -0.15) is 13.2 Å². The summed E-state index contributed by atoms with van der Waals surface area (Å²) in [5.41, 5.74) is 0.487. The first kappa shape index (κ1) is 16.9. The summed E-state index contributed by atoms with van der Waals surface area (Å²) in [5.74, 6) is 0. The van der Waals surface area contributed by atoms with E-state index in [-0.39, 0.29) is 15.1 Å². The summed E-state index contributed by atoms with van der Waals surface area (Å²) in [5, 5.41) is 0.791. The summed E-state index contributed by atoms with van der Waals surface area (Å²) in [6.45, 7) is 0. The fraction of sp³-hybridized carbons (Fsp3) is 0.143. The van der Waals surface area contributed by atoms with Gasteiger partial charge < -0.3 is 0 Å². The molecule has 0 aliphatic heterocycles. The van der Waals surface area contributed by atoms with Gasteiger partial charge in [0.2, 0.25) is 0 Å². The van der Waals surface area contributed by atoms with Gasteiger partial charge in [0, 0.05) is 10.9 Å². The average molecular weight is 418 g/mol. The molecule has 0 fully saturated rings. The van der Waals surface area contributed by atoms with E-state index in [4.69, 9.17) is 34.8 Å². The second kappa shape index (κ2) is 6.37. The minimum absolute atomic E-state index is 0.119. The second-order valence-electron chi connectivity index (χ2n) is 4.27. The molecule has 0 N–H and O–H groups in total. The van der Waals surface area contributed by atoms with Crippen molar-refractivity contribution in [1.29, 1.82) is 0 Å². The summed E-state index contributed by atoms with van der Waals surface area (Å²) < 4.78 is 38.8. The van der Waals surface area contributed by atoms with Gasteiger partial charge in [-0.1, -0.05) is 62.9 Å². The smallest absolute Gasteiger partial charge is 0.166 e. The SMILES string of the molecule is FC(F)(F)c1cc(CBr)cc(-c2ccc(Cl)c(Cl)c2Cl)c1. The third-order valence-electron chi connectivity index (χ3n) is 2.82. The third-order valence-corrected chi connectivity index (χ3v) is 4.76. The summed E-state index contributed by atoms with van der Waals surface area (Å²) in [4.78, 5) is 0. The quantitative estimate of drug-likeness (QED) is 0.357. The van der Waals surface area contributed by atoms with Crippen molar-refractivity contribution in [1.82, 2.24) is 0 Å². The molecule has 2 aromatic carbocycles. The Kier molecular flexibility index (Phi) is 5.14. The van der Waals surface area contributed by atoms with E-state index in [1.54, 1.807) is 12.1 Å². The van der Waals surface area contributed by atoms with Crippen LogP contribution in [-0.2, 0) is 11.5 Å². The summed E-state index contributed by atoms with van der Waals surface area (Å²) in [6, 6.07) is 6.79. The van der Waals surface area contributed by atoms with Crippen molar-refractivity contribution < 1.29 is 13.2 Å². The first-order chi connectivity index (χ1) is 9.74. The molecule has 7 heteroatoms. The van der Waals surface area contributed by atoms with Crippen LogP contribution < -0.4 is 0 Å². The molecule has 0 saturated carbocycles. The fourth-order valence-electron chi connectivity index (χ4n) is 1.84. The molecule has 0 aliphatic carbocycles. The molecule has 0 nitrogen and oxygen atoms in total. The highest BCUT2D eigenvalue weighted by Crippen LogP contribution is 2.40. The number of hydrogen-bond donors (Lipinski definition) is 0. The Bertz CT molecular complexity index is 684. The van der Waals surface area contributed by atoms with Crippen LogP contribution in [0.5, 0.6) is 0 Å². The van der Waals surface area contributed by atoms with Crippen LogP contribution in [0.2, 0.25) is 15.1 Å². The Balaban J connectivity index is 2.67. The molecule has 0 aromatic heterocycles. The largest absolute Gasteiger partial charge is 0.416 e. The molecule has 0 amide bonds. The predicted octanol–water partition coefficient (Wildman–Crippen LogP) is 7.23. The molecule has 0 atom stereocenters. The molecular formula is C14H7BrCl3F3. The fourth-order valence-corrected chi connectivity index (χ4v) is 2.81. The van der Waals surface area contributed by atoms with E-state index in [0.29, 0.717) is 22.0 Å². The van der Waals surface area contributed by atoms with Crippen LogP contribution >= 0.6 is 50.7 Å². The van der Waals surface area contributed by atoms with E-state index in [2.05, 4.69) is 15.9 Å². The van der Waals surface area contributed by atoms with Crippen molar-refractivity contribution in [3.8, 4) is 11.1 Å². The molecule has 2 rings (SSSR count). The molecule has 0 aliphatic rings. The lowest BCUT2D eigenvalue weighted by atomic mass is 10.00. The standard InChI is InChI=1S/C14H7BrCl3F3/c15-6-7-3-8(5-9(4-7)14(19,20)21)10-1-2-11(16)13(18)12(10)17/h1-5H,6H2. The minimum Gasteiger partial charge on any atom is -0.166 e. The Morgan fingerprint density at radius 1 is 0.952 bits per heavy atom. The zero-order valence-corrected chi connectivity index (χ0v) is 14.1. The van der Waals surface area contributed by atoms with Crippen molar-refractivity contribution in [2.24, 2.45) is 0 Å². The van der Waals surface area contributed by atoms with Crippen molar-refractivity contribution >= 4 is 50.7 Å². The Morgan fingerprint density at radius 2 is 1.62 bits per heavy atom. The summed E-state index contributed by atoms with van der Waals surface area (Å²) in [7, 11) is 0. The molecule has 0 bridgehead atoms. The van der Waals surface area contributed by atoms with Gasteiger partial charge in [-0.25, -0.2) is 0 Å². The van der Waals surface area contributed by atoms with Gasteiger partial charge in [-0.3, -0.25) is 0 Å². The van der Waals surface area contributed by atoms with E-state index in [1.807, 2.05) is 0 Å². The van der Waals surface area contributed by atoms with Gasteiger partial charge in [-0.15, -0.1) is 0 Å². The zero-order chi connectivity index (χ0) is 15.8. The molecule has 112 valence electrons. The maximum Gasteiger partial charge on any atom is 0.416 e. The van der Waals surface area contributed by atoms with Crippen LogP contribution in [0.3, 0.4) is 0 Å². The minimum atomic E-state index is -4.43. The topological polar surface area (TPSA) is 0 Å². The Morgan fingerprint density at radius 3 is 2.19 bits per heavy atom. The molecule has 0 unspecified atom stereocenters. The van der Waals surface area contributed by atoms with E-state index < -0.39 is 11.7 Å².